The van der Waals surface area contributed by atoms with Gasteiger partial charge in [0.05, 0.1) is 6.61 Å². The van der Waals surface area contributed by atoms with Gasteiger partial charge in [0.15, 0.2) is 0 Å². The maximum atomic E-state index is 12.2. The van der Waals surface area contributed by atoms with E-state index in [1.807, 2.05) is 29.2 Å². The van der Waals surface area contributed by atoms with Gasteiger partial charge in [-0.1, -0.05) is 6.07 Å². The zero-order chi connectivity index (χ0) is 17.2. The number of ether oxygens (including phenoxy) is 1. The van der Waals surface area contributed by atoms with Gasteiger partial charge < -0.3 is 15.0 Å². The summed E-state index contributed by atoms with van der Waals surface area (Å²) in [7, 11) is 0. The summed E-state index contributed by atoms with van der Waals surface area (Å²) in [4.78, 5) is 26.4. The summed E-state index contributed by atoms with van der Waals surface area (Å²) in [5, 5.41) is 3.00. The van der Waals surface area contributed by atoms with Crippen molar-refractivity contribution in [1.29, 1.82) is 0 Å². The molecule has 0 bridgehead atoms. The summed E-state index contributed by atoms with van der Waals surface area (Å²) >= 11 is 0. The topological polar surface area (TPSA) is 58.6 Å². The van der Waals surface area contributed by atoms with Crippen molar-refractivity contribution in [1.82, 2.24) is 10.2 Å². The number of benzene rings is 1. The average Bonchev–Trinajstić information content (AvgIpc) is 3.54. The molecule has 4 rings (SSSR count). The number of piperidine rings is 1. The first-order chi connectivity index (χ1) is 12.2. The van der Waals surface area contributed by atoms with Gasteiger partial charge in [0.2, 0.25) is 5.91 Å². The molecule has 0 spiro atoms. The first kappa shape index (κ1) is 16.4. The number of likely N-dealkylation sites (tertiary alicyclic amines) is 1. The first-order valence-corrected chi connectivity index (χ1v) is 9.51. The molecule has 1 N–H and O–H groups in total. The van der Waals surface area contributed by atoms with Gasteiger partial charge in [-0.05, 0) is 56.7 Å². The smallest absolute Gasteiger partial charge is 0.251 e. The Kier molecular flexibility index (Phi) is 4.64. The summed E-state index contributed by atoms with van der Waals surface area (Å²) in [5.41, 5.74) is 0.651. The van der Waals surface area contributed by atoms with Crippen LogP contribution in [0, 0.1) is 11.8 Å². The van der Waals surface area contributed by atoms with Crippen LogP contribution in [0.1, 0.15) is 48.9 Å². The molecule has 1 saturated heterocycles. The number of amides is 2. The van der Waals surface area contributed by atoms with Crippen molar-refractivity contribution in [3.05, 3.63) is 29.8 Å². The largest absolute Gasteiger partial charge is 0.493 e. The van der Waals surface area contributed by atoms with Crippen molar-refractivity contribution in [2.45, 2.75) is 44.6 Å². The zero-order valence-electron chi connectivity index (χ0n) is 14.6. The van der Waals surface area contributed by atoms with Gasteiger partial charge in [-0.2, -0.15) is 0 Å². The Morgan fingerprint density at radius 3 is 2.76 bits per heavy atom. The molecule has 1 atom stereocenters. The standard InChI is InChI=1S/C20H26N2O3/c23-19(21-17-8-9-17)16-4-1-5-18(11-16)25-13-14-3-2-10-22(12-14)20(24)15-6-7-15/h1,4-5,11,14-15,17H,2-3,6-10,12-13H2,(H,21,23). The molecule has 2 amide bonds. The number of hydrogen-bond acceptors (Lipinski definition) is 3. The Morgan fingerprint density at radius 1 is 1.16 bits per heavy atom. The molecule has 2 saturated carbocycles. The quantitative estimate of drug-likeness (QED) is 0.864. The predicted molar refractivity (Wildman–Crippen MR) is 94.5 cm³/mol. The van der Waals surface area contributed by atoms with Crippen molar-refractivity contribution in [3.63, 3.8) is 0 Å². The first-order valence-electron chi connectivity index (χ1n) is 9.51. The van der Waals surface area contributed by atoms with Gasteiger partial charge >= 0.3 is 0 Å². The van der Waals surface area contributed by atoms with Crippen LogP contribution in [-0.2, 0) is 4.79 Å². The van der Waals surface area contributed by atoms with Crippen LogP contribution in [0.4, 0.5) is 0 Å². The summed E-state index contributed by atoms with van der Waals surface area (Å²) in [6, 6.07) is 7.74. The molecule has 0 radical (unpaired) electrons. The average molecular weight is 342 g/mol. The lowest BCUT2D eigenvalue weighted by Gasteiger charge is -2.32. The lowest BCUT2D eigenvalue weighted by Crippen LogP contribution is -2.42. The van der Waals surface area contributed by atoms with Crippen LogP contribution in [0.5, 0.6) is 5.75 Å². The number of hydrogen-bond donors (Lipinski definition) is 1. The fraction of sp³-hybridized carbons (Fsp3) is 0.600. The summed E-state index contributed by atoms with van der Waals surface area (Å²) in [6.45, 7) is 2.29. The summed E-state index contributed by atoms with van der Waals surface area (Å²) in [5.74, 6) is 1.71. The van der Waals surface area contributed by atoms with Crippen molar-refractivity contribution in [2.75, 3.05) is 19.7 Å². The van der Waals surface area contributed by atoms with E-state index >= 15 is 0 Å². The predicted octanol–water partition coefficient (Wildman–Crippen LogP) is 2.61. The molecule has 1 heterocycles. The second-order valence-electron chi connectivity index (χ2n) is 7.65. The third-order valence-corrected chi connectivity index (χ3v) is 5.25. The fourth-order valence-electron chi connectivity index (χ4n) is 3.43. The van der Waals surface area contributed by atoms with Gasteiger partial charge in [-0.25, -0.2) is 0 Å². The molecule has 3 fully saturated rings. The molecule has 1 aromatic carbocycles. The van der Waals surface area contributed by atoms with Crippen molar-refractivity contribution < 1.29 is 14.3 Å². The number of nitrogens with one attached hydrogen (secondary N) is 1. The lowest BCUT2D eigenvalue weighted by molar-refractivity contribution is -0.134. The SMILES string of the molecule is O=C(NC1CC1)c1cccc(OCC2CCCN(C(=O)C3CC3)C2)c1. The third-order valence-electron chi connectivity index (χ3n) is 5.25. The molecular weight excluding hydrogens is 316 g/mol. The molecule has 1 unspecified atom stereocenters. The Morgan fingerprint density at radius 2 is 2.00 bits per heavy atom. The molecular formula is C20H26N2O3. The molecule has 1 aromatic rings. The maximum Gasteiger partial charge on any atom is 0.251 e. The Bertz CT molecular complexity index is 652. The molecule has 5 nitrogen and oxygen atoms in total. The van der Waals surface area contributed by atoms with E-state index in [0.717, 1.165) is 57.4 Å². The van der Waals surface area contributed by atoms with Crippen LogP contribution in [0.2, 0.25) is 0 Å². The molecule has 2 aliphatic carbocycles. The summed E-state index contributed by atoms with van der Waals surface area (Å²) in [6.07, 6.45) is 6.43. The van der Waals surface area contributed by atoms with Crippen LogP contribution in [0.15, 0.2) is 24.3 Å². The van der Waals surface area contributed by atoms with Crippen molar-refractivity contribution in [2.24, 2.45) is 11.8 Å². The van der Waals surface area contributed by atoms with Gasteiger partial charge in [0.25, 0.3) is 5.91 Å². The minimum Gasteiger partial charge on any atom is -0.493 e. The highest BCUT2D eigenvalue weighted by Crippen LogP contribution is 2.32. The maximum absolute atomic E-state index is 12.2. The van der Waals surface area contributed by atoms with Crippen LogP contribution >= 0.6 is 0 Å². The highest BCUT2D eigenvalue weighted by molar-refractivity contribution is 5.94. The van der Waals surface area contributed by atoms with Crippen LogP contribution in [0.3, 0.4) is 0 Å². The van der Waals surface area contributed by atoms with E-state index in [1.165, 1.54) is 0 Å². The Labute approximate surface area is 148 Å². The van der Waals surface area contributed by atoms with Gasteiger partial charge in [-0.15, -0.1) is 0 Å². The molecule has 25 heavy (non-hydrogen) atoms. The highest BCUT2D eigenvalue weighted by atomic mass is 16.5. The normalized spacial score (nSPS) is 23.2. The van der Waals surface area contributed by atoms with Gasteiger partial charge in [-0.3, -0.25) is 9.59 Å². The molecule has 0 aromatic heterocycles. The van der Waals surface area contributed by atoms with Crippen LogP contribution in [0.25, 0.3) is 0 Å². The van der Waals surface area contributed by atoms with E-state index in [0.29, 0.717) is 36.0 Å². The Hall–Kier alpha value is -2.04. The van der Waals surface area contributed by atoms with Crippen molar-refractivity contribution in [3.8, 4) is 5.75 Å². The van der Waals surface area contributed by atoms with Gasteiger partial charge in [0.1, 0.15) is 5.75 Å². The minimum atomic E-state index is -0.0215. The number of carbonyl (C=O) groups is 2. The van der Waals surface area contributed by atoms with E-state index < -0.39 is 0 Å². The fourth-order valence-corrected chi connectivity index (χ4v) is 3.43. The van der Waals surface area contributed by atoms with E-state index in [1.54, 1.807) is 0 Å². The lowest BCUT2D eigenvalue weighted by atomic mass is 9.98. The van der Waals surface area contributed by atoms with Crippen LogP contribution in [-0.4, -0.2) is 42.5 Å². The second kappa shape index (κ2) is 7.06. The van der Waals surface area contributed by atoms with E-state index in [4.69, 9.17) is 4.74 Å². The molecule has 3 aliphatic rings. The molecule has 5 heteroatoms. The summed E-state index contributed by atoms with van der Waals surface area (Å²) < 4.78 is 5.94. The highest BCUT2D eigenvalue weighted by Gasteiger charge is 2.35. The number of rotatable bonds is 6. The molecule has 134 valence electrons. The van der Waals surface area contributed by atoms with Gasteiger partial charge in [0, 0.05) is 36.5 Å². The number of carbonyl (C=O) groups excluding carboxylic acids is 2. The Balaban J connectivity index is 1.29. The van der Waals surface area contributed by atoms with E-state index in [-0.39, 0.29) is 5.91 Å². The zero-order valence-corrected chi connectivity index (χ0v) is 14.6. The second-order valence-corrected chi connectivity index (χ2v) is 7.65. The molecule has 1 aliphatic heterocycles. The minimum absolute atomic E-state index is 0.0215. The van der Waals surface area contributed by atoms with Crippen LogP contribution < -0.4 is 10.1 Å². The number of nitrogens with zero attached hydrogens (tertiary/aromatic N) is 1. The van der Waals surface area contributed by atoms with E-state index in [2.05, 4.69) is 5.32 Å². The third kappa shape index (κ3) is 4.33. The van der Waals surface area contributed by atoms with Crippen molar-refractivity contribution >= 4 is 11.8 Å². The monoisotopic (exact) mass is 342 g/mol. The van der Waals surface area contributed by atoms with E-state index in [9.17, 15) is 9.59 Å².